The molecule has 1 aromatic heterocycles. The summed E-state index contributed by atoms with van der Waals surface area (Å²) >= 11 is 1.88. The Kier molecular flexibility index (Phi) is 9.35. The van der Waals surface area contributed by atoms with E-state index in [1.54, 1.807) is 0 Å². The number of nitrogens with one attached hydrogen (secondary N) is 2. The van der Waals surface area contributed by atoms with Crippen LogP contribution in [0.4, 0.5) is 0 Å². The van der Waals surface area contributed by atoms with E-state index in [4.69, 9.17) is 0 Å². The number of thiophene rings is 1. The minimum atomic E-state index is 0. The smallest absolute Gasteiger partial charge is 0.191 e. The maximum atomic E-state index is 4.32. The van der Waals surface area contributed by atoms with Gasteiger partial charge in [-0.05, 0) is 44.5 Å². The maximum Gasteiger partial charge on any atom is 0.191 e. The number of nitrogens with zero attached hydrogens (tertiary/aromatic N) is 2. The Morgan fingerprint density at radius 1 is 1.32 bits per heavy atom. The molecule has 0 bridgehead atoms. The highest BCUT2D eigenvalue weighted by molar-refractivity contribution is 14.0. The van der Waals surface area contributed by atoms with Crippen LogP contribution in [-0.2, 0) is 13.0 Å². The number of aryl methyl sites for hydroxylation is 1. The fourth-order valence-corrected chi connectivity index (χ4v) is 3.75. The summed E-state index contributed by atoms with van der Waals surface area (Å²) < 4.78 is 0. The Hall–Kier alpha value is -0.340. The van der Waals surface area contributed by atoms with E-state index in [9.17, 15) is 0 Å². The average molecular weight is 436 g/mol. The second kappa shape index (κ2) is 10.4. The minimum Gasteiger partial charge on any atom is -0.355 e. The number of likely N-dealkylation sites (N-methyl/N-ethyl adjacent to an activating group) is 1. The van der Waals surface area contributed by atoms with E-state index in [-0.39, 0.29) is 24.0 Å². The molecule has 0 amide bonds. The molecule has 2 heterocycles. The number of hydrogen-bond donors (Lipinski definition) is 2. The molecule has 1 atom stereocenters. The molecule has 2 N–H and O–H groups in total. The highest BCUT2D eigenvalue weighted by Crippen LogP contribution is 2.17. The van der Waals surface area contributed by atoms with Gasteiger partial charge in [-0.15, -0.1) is 35.3 Å². The predicted molar refractivity (Wildman–Crippen MR) is 108 cm³/mol. The molecule has 6 heteroatoms. The van der Waals surface area contributed by atoms with E-state index in [0.29, 0.717) is 6.04 Å². The van der Waals surface area contributed by atoms with Gasteiger partial charge in [-0.25, -0.2) is 0 Å². The molecular formula is C16H29IN4S. The van der Waals surface area contributed by atoms with Crippen LogP contribution in [0.5, 0.6) is 0 Å². The Bertz CT molecular complexity index is 461. The first-order valence-corrected chi connectivity index (χ1v) is 8.84. The summed E-state index contributed by atoms with van der Waals surface area (Å²) in [5.74, 6) is 0.907. The number of hydrogen-bond acceptors (Lipinski definition) is 3. The van der Waals surface area contributed by atoms with Crippen LogP contribution in [0.15, 0.2) is 17.1 Å². The van der Waals surface area contributed by atoms with Gasteiger partial charge >= 0.3 is 0 Å². The summed E-state index contributed by atoms with van der Waals surface area (Å²) in [6.45, 7) is 8.67. The van der Waals surface area contributed by atoms with Crippen molar-refractivity contribution in [1.29, 1.82) is 0 Å². The molecular weight excluding hydrogens is 407 g/mol. The van der Waals surface area contributed by atoms with Gasteiger partial charge in [0.05, 0.1) is 6.54 Å². The molecule has 0 radical (unpaired) electrons. The van der Waals surface area contributed by atoms with Gasteiger partial charge < -0.3 is 10.6 Å². The van der Waals surface area contributed by atoms with Crippen LogP contribution >= 0.6 is 35.3 Å². The first-order valence-electron chi connectivity index (χ1n) is 8.03. The monoisotopic (exact) mass is 436 g/mol. The number of halogens is 1. The summed E-state index contributed by atoms with van der Waals surface area (Å²) in [6, 6.07) is 5.08. The standard InChI is InChI=1S/C16H28N4S.HI/c1-4-14-8-9-15(21-14)12-19-16(17-3)18-11-13-7-6-10-20(13)5-2;/h8-9,13H,4-7,10-12H2,1-3H3,(H2,17,18,19);1H. The van der Waals surface area contributed by atoms with Crippen molar-refractivity contribution in [2.45, 2.75) is 45.7 Å². The van der Waals surface area contributed by atoms with Crippen molar-refractivity contribution < 1.29 is 0 Å². The third-order valence-electron chi connectivity index (χ3n) is 4.13. The van der Waals surface area contributed by atoms with Gasteiger partial charge in [-0.3, -0.25) is 9.89 Å². The number of likely N-dealkylation sites (tertiary alicyclic amines) is 1. The Morgan fingerprint density at radius 3 is 2.73 bits per heavy atom. The third kappa shape index (κ3) is 5.70. The lowest BCUT2D eigenvalue weighted by Crippen LogP contribution is -2.44. The zero-order valence-corrected chi connectivity index (χ0v) is 17.0. The van der Waals surface area contributed by atoms with E-state index in [0.717, 1.165) is 32.0 Å². The van der Waals surface area contributed by atoms with E-state index in [1.807, 2.05) is 18.4 Å². The zero-order valence-electron chi connectivity index (χ0n) is 13.9. The zero-order chi connectivity index (χ0) is 15.1. The molecule has 2 rings (SSSR count). The summed E-state index contributed by atoms with van der Waals surface area (Å²) in [4.78, 5) is 9.68. The van der Waals surface area contributed by atoms with Gasteiger partial charge in [0.1, 0.15) is 0 Å². The van der Waals surface area contributed by atoms with E-state index in [1.165, 1.54) is 29.1 Å². The van der Waals surface area contributed by atoms with E-state index in [2.05, 4.69) is 46.5 Å². The molecule has 0 spiro atoms. The Morgan fingerprint density at radius 2 is 2.09 bits per heavy atom. The van der Waals surface area contributed by atoms with Crippen LogP contribution in [0.1, 0.15) is 36.4 Å². The number of rotatable bonds is 6. The second-order valence-corrected chi connectivity index (χ2v) is 6.71. The van der Waals surface area contributed by atoms with E-state index < -0.39 is 0 Å². The van der Waals surface area contributed by atoms with Crippen molar-refractivity contribution in [2.24, 2.45) is 4.99 Å². The highest BCUT2D eigenvalue weighted by atomic mass is 127. The van der Waals surface area contributed by atoms with Crippen molar-refractivity contribution in [3.8, 4) is 0 Å². The topological polar surface area (TPSA) is 39.7 Å². The fourth-order valence-electron chi connectivity index (χ4n) is 2.86. The summed E-state index contributed by atoms with van der Waals surface area (Å²) in [5.41, 5.74) is 0. The van der Waals surface area contributed by atoms with Gasteiger partial charge in [0.25, 0.3) is 0 Å². The summed E-state index contributed by atoms with van der Waals surface area (Å²) in [6.07, 6.45) is 3.73. The van der Waals surface area contributed by atoms with Crippen LogP contribution in [0.25, 0.3) is 0 Å². The molecule has 1 fully saturated rings. The van der Waals surface area contributed by atoms with Crippen LogP contribution in [0, 0.1) is 0 Å². The minimum absolute atomic E-state index is 0. The molecule has 1 aromatic rings. The number of aliphatic imine (C=N–C) groups is 1. The fraction of sp³-hybridized carbons (Fsp3) is 0.688. The van der Waals surface area contributed by atoms with Crippen LogP contribution in [0.2, 0.25) is 0 Å². The number of guanidine groups is 1. The van der Waals surface area contributed by atoms with Crippen molar-refractivity contribution in [2.75, 3.05) is 26.7 Å². The lowest BCUT2D eigenvalue weighted by atomic mass is 10.2. The van der Waals surface area contributed by atoms with Gasteiger partial charge in [0, 0.05) is 29.4 Å². The van der Waals surface area contributed by atoms with Crippen LogP contribution < -0.4 is 10.6 Å². The van der Waals surface area contributed by atoms with Crippen LogP contribution in [0.3, 0.4) is 0 Å². The molecule has 1 aliphatic heterocycles. The SMILES string of the molecule is CCc1ccc(CNC(=NC)NCC2CCCN2CC)s1.I. The van der Waals surface area contributed by atoms with E-state index >= 15 is 0 Å². The first kappa shape index (κ1) is 19.7. The molecule has 0 aromatic carbocycles. The molecule has 1 saturated heterocycles. The largest absolute Gasteiger partial charge is 0.355 e. The normalized spacial score (nSPS) is 19.0. The maximum absolute atomic E-state index is 4.32. The van der Waals surface area contributed by atoms with Gasteiger partial charge in [-0.2, -0.15) is 0 Å². The average Bonchev–Trinajstić information content (AvgIpc) is 3.15. The lowest BCUT2D eigenvalue weighted by Gasteiger charge is -2.23. The van der Waals surface area contributed by atoms with Gasteiger partial charge in [0.2, 0.25) is 0 Å². The molecule has 1 unspecified atom stereocenters. The third-order valence-corrected chi connectivity index (χ3v) is 5.36. The van der Waals surface area contributed by atoms with Crippen LogP contribution in [-0.4, -0.2) is 43.6 Å². The molecule has 0 saturated carbocycles. The summed E-state index contributed by atoms with van der Waals surface area (Å²) in [7, 11) is 1.84. The summed E-state index contributed by atoms with van der Waals surface area (Å²) in [5, 5.41) is 6.88. The Labute approximate surface area is 155 Å². The molecule has 1 aliphatic rings. The Balaban J connectivity index is 0.00000242. The second-order valence-electron chi connectivity index (χ2n) is 5.45. The molecule has 0 aliphatic carbocycles. The molecule has 4 nitrogen and oxygen atoms in total. The highest BCUT2D eigenvalue weighted by Gasteiger charge is 2.22. The molecule has 126 valence electrons. The van der Waals surface area contributed by atoms with Crippen molar-refractivity contribution in [1.82, 2.24) is 15.5 Å². The predicted octanol–water partition coefficient (Wildman–Crippen LogP) is 3.08. The van der Waals surface area contributed by atoms with Crippen molar-refractivity contribution >= 4 is 41.3 Å². The van der Waals surface area contributed by atoms with Gasteiger partial charge in [-0.1, -0.05) is 13.8 Å². The van der Waals surface area contributed by atoms with Crippen molar-refractivity contribution in [3.05, 3.63) is 21.9 Å². The van der Waals surface area contributed by atoms with Crippen molar-refractivity contribution in [3.63, 3.8) is 0 Å². The quantitative estimate of drug-likeness (QED) is 0.409. The lowest BCUT2D eigenvalue weighted by molar-refractivity contribution is 0.267. The van der Waals surface area contributed by atoms with Gasteiger partial charge in [0.15, 0.2) is 5.96 Å². The first-order chi connectivity index (χ1) is 10.3. The molecule has 22 heavy (non-hydrogen) atoms.